The largest absolute Gasteiger partial charge is 0.378 e. The highest BCUT2D eigenvalue weighted by Gasteiger charge is 2.25. The van der Waals surface area contributed by atoms with Gasteiger partial charge in [0, 0.05) is 25.3 Å². The molecule has 0 saturated carbocycles. The Morgan fingerprint density at radius 1 is 1.27 bits per heavy atom. The van der Waals surface area contributed by atoms with Crippen LogP contribution < -0.4 is 10.9 Å². The van der Waals surface area contributed by atoms with Gasteiger partial charge in [-0.1, -0.05) is 0 Å². The first-order valence-electron chi connectivity index (χ1n) is 8.49. The van der Waals surface area contributed by atoms with Crippen molar-refractivity contribution in [3.63, 3.8) is 0 Å². The SMILES string of the molecule is Cc1cc(C(=O)N2CCC(OCCCN)CC2)cc(S(N)(=O)=O)c1C.Cl. The van der Waals surface area contributed by atoms with E-state index in [2.05, 4.69) is 0 Å². The zero-order chi connectivity index (χ0) is 18.6. The zero-order valence-corrected chi connectivity index (χ0v) is 16.9. The maximum Gasteiger partial charge on any atom is 0.253 e. The van der Waals surface area contributed by atoms with Crippen LogP contribution >= 0.6 is 12.4 Å². The number of sulfonamides is 1. The summed E-state index contributed by atoms with van der Waals surface area (Å²) >= 11 is 0. The Morgan fingerprint density at radius 3 is 2.42 bits per heavy atom. The molecule has 9 heteroatoms. The van der Waals surface area contributed by atoms with E-state index in [-0.39, 0.29) is 29.3 Å². The second-order valence-corrected chi connectivity index (χ2v) is 8.00. The second-order valence-electron chi connectivity index (χ2n) is 6.47. The van der Waals surface area contributed by atoms with Crippen molar-refractivity contribution in [3.05, 3.63) is 28.8 Å². The van der Waals surface area contributed by atoms with Gasteiger partial charge in [0.2, 0.25) is 10.0 Å². The third kappa shape index (κ3) is 5.65. The maximum absolute atomic E-state index is 12.7. The van der Waals surface area contributed by atoms with Gasteiger partial charge in [-0.3, -0.25) is 4.79 Å². The Bertz CT molecular complexity index is 732. The number of hydrogen-bond donors (Lipinski definition) is 2. The molecule has 1 aliphatic heterocycles. The van der Waals surface area contributed by atoms with E-state index < -0.39 is 10.0 Å². The zero-order valence-electron chi connectivity index (χ0n) is 15.2. The van der Waals surface area contributed by atoms with E-state index in [4.69, 9.17) is 15.6 Å². The Hall–Kier alpha value is -1.19. The first-order chi connectivity index (χ1) is 11.7. The Morgan fingerprint density at radius 2 is 1.88 bits per heavy atom. The molecule has 0 radical (unpaired) electrons. The number of amides is 1. The molecule has 0 aliphatic carbocycles. The van der Waals surface area contributed by atoms with Crippen LogP contribution in [-0.2, 0) is 14.8 Å². The number of carbonyl (C=O) groups is 1. The average molecular weight is 406 g/mol. The Balaban J connectivity index is 0.00000338. The minimum Gasteiger partial charge on any atom is -0.378 e. The van der Waals surface area contributed by atoms with Crippen LogP contribution in [0.1, 0.15) is 40.7 Å². The van der Waals surface area contributed by atoms with Crippen molar-refractivity contribution in [2.75, 3.05) is 26.2 Å². The van der Waals surface area contributed by atoms with Gasteiger partial charge in [0.15, 0.2) is 0 Å². The van der Waals surface area contributed by atoms with Gasteiger partial charge in [0.25, 0.3) is 5.91 Å². The molecule has 1 amide bonds. The summed E-state index contributed by atoms with van der Waals surface area (Å²) < 4.78 is 29.2. The van der Waals surface area contributed by atoms with E-state index in [1.807, 2.05) is 0 Å². The summed E-state index contributed by atoms with van der Waals surface area (Å²) in [5.41, 5.74) is 7.11. The predicted molar refractivity (Wildman–Crippen MR) is 103 cm³/mol. The molecule has 1 heterocycles. The number of nitrogens with zero attached hydrogens (tertiary/aromatic N) is 1. The molecule has 0 bridgehead atoms. The third-order valence-electron chi connectivity index (χ3n) is 4.60. The molecule has 0 spiro atoms. The van der Waals surface area contributed by atoms with Gasteiger partial charge in [-0.25, -0.2) is 13.6 Å². The van der Waals surface area contributed by atoms with Crippen LogP contribution in [-0.4, -0.2) is 51.6 Å². The van der Waals surface area contributed by atoms with Crippen molar-refractivity contribution >= 4 is 28.3 Å². The lowest BCUT2D eigenvalue weighted by Gasteiger charge is -2.32. The highest BCUT2D eigenvalue weighted by atomic mass is 35.5. The van der Waals surface area contributed by atoms with Gasteiger partial charge in [-0.15, -0.1) is 12.4 Å². The van der Waals surface area contributed by atoms with E-state index in [9.17, 15) is 13.2 Å². The molecular formula is C17H28ClN3O4S. The van der Waals surface area contributed by atoms with Crippen LogP contribution in [0.3, 0.4) is 0 Å². The van der Waals surface area contributed by atoms with Gasteiger partial charge in [-0.2, -0.15) is 0 Å². The molecule has 1 saturated heterocycles. The van der Waals surface area contributed by atoms with E-state index in [1.54, 1.807) is 24.8 Å². The van der Waals surface area contributed by atoms with Gasteiger partial charge >= 0.3 is 0 Å². The van der Waals surface area contributed by atoms with Crippen LogP contribution in [0.15, 0.2) is 17.0 Å². The number of benzene rings is 1. The number of rotatable bonds is 6. The minimum atomic E-state index is -3.87. The van der Waals surface area contributed by atoms with Crippen LogP contribution in [0.2, 0.25) is 0 Å². The summed E-state index contributed by atoms with van der Waals surface area (Å²) in [6.07, 6.45) is 2.51. The molecule has 26 heavy (non-hydrogen) atoms. The van der Waals surface area contributed by atoms with Crippen LogP contribution in [0.4, 0.5) is 0 Å². The molecule has 4 N–H and O–H groups in total. The fourth-order valence-electron chi connectivity index (χ4n) is 2.99. The summed E-state index contributed by atoms with van der Waals surface area (Å²) in [4.78, 5) is 14.5. The molecule has 0 aromatic heterocycles. The normalized spacial score (nSPS) is 15.6. The smallest absolute Gasteiger partial charge is 0.253 e. The van der Waals surface area contributed by atoms with E-state index >= 15 is 0 Å². The molecular weight excluding hydrogens is 378 g/mol. The Kier molecular flexibility index (Phi) is 8.49. The number of carbonyl (C=O) groups excluding carboxylic acids is 1. The van der Waals surface area contributed by atoms with E-state index in [0.29, 0.717) is 37.4 Å². The minimum absolute atomic E-state index is 0. The highest BCUT2D eigenvalue weighted by molar-refractivity contribution is 7.89. The molecule has 0 atom stereocenters. The highest BCUT2D eigenvalue weighted by Crippen LogP contribution is 2.23. The first-order valence-corrected chi connectivity index (χ1v) is 10.0. The van der Waals surface area contributed by atoms with Crippen molar-refractivity contribution in [2.24, 2.45) is 10.9 Å². The van der Waals surface area contributed by atoms with Gasteiger partial charge in [0.05, 0.1) is 11.0 Å². The number of hydrogen-bond acceptors (Lipinski definition) is 5. The van der Waals surface area contributed by atoms with Crippen LogP contribution in [0, 0.1) is 13.8 Å². The first kappa shape index (κ1) is 22.9. The number of nitrogens with two attached hydrogens (primary N) is 2. The summed E-state index contributed by atoms with van der Waals surface area (Å²) in [6.45, 7) is 5.89. The Labute approximate surface area is 161 Å². The van der Waals surface area contributed by atoms with Crippen molar-refractivity contribution in [3.8, 4) is 0 Å². The van der Waals surface area contributed by atoms with Crippen LogP contribution in [0.25, 0.3) is 0 Å². The fourth-order valence-corrected chi connectivity index (χ4v) is 3.87. The third-order valence-corrected chi connectivity index (χ3v) is 5.64. The molecule has 2 rings (SSSR count). The van der Waals surface area contributed by atoms with Crippen molar-refractivity contribution in [1.29, 1.82) is 0 Å². The van der Waals surface area contributed by atoms with Crippen LogP contribution in [0.5, 0.6) is 0 Å². The van der Waals surface area contributed by atoms with Gasteiger partial charge in [-0.05, 0) is 62.9 Å². The molecule has 148 valence electrons. The number of piperidine rings is 1. The monoisotopic (exact) mass is 405 g/mol. The van der Waals surface area contributed by atoms with Gasteiger partial charge < -0.3 is 15.4 Å². The molecule has 1 aliphatic rings. The summed E-state index contributed by atoms with van der Waals surface area (Å²) in [6, 6.07) is 3.10. The molecule has 1 aromatic carbocycles. The summed E-state index contributed by atoms with van der Waals surface area (Å²) in [7, 11) is -3.87. The second kappa shape index (κ2) is 9.66. The van der Waals surface area contributed by atoms with E-state index in [0.717, 1.165) is 24.8 Å². The van der Waals surface area contributed by atoms with Crippen molar-refractivity contribution in [2.45, 2.75) is 44.1 Å². The summed E-state index contributed by atoms with van der Waals surface area (Å²) in [5.74, 6) is -0.173. The topological polar surface area (TPSA) is 116 Å². The summed E-state index contributed by atoms with van der Waals surface area (Å²) in [5, 5.41) is 5.27. The number of ether oxygens (including phenoxy) is 1. The molecule has 7 nitrogen and oxygen atoms in total. The number of primary sulfonamides is 1. The number of aryl methyl sites for hydroxylation is 1. The fraction of sp³-hybridized carbons (Fsp3) is 0.588. The average Bonchev–Trinajstić information content (AvgIpc) is 2.56. The molecule has 1 fully saturated rings. The number of halogens is 1. The lowest BCUT2D eigenvalue weighted by Crippen LogP contribution is -2.41. The predicted octanol–water partition coefficient (Wildman–Crippen LogP) is 1.34. The van der Waals surface area contributed by atoms with E-state index in [1.165, 1.54) is 6.07 Å². The van der Waals surface area contributed by atoms with Gasteiger partial charge in [0.1, 0.15) is 0 Å². The molecule has 0 unspecified atom stereocenters. The standard InChI is InChI=1S/C17H27N3O4S.ClH/c1-12-10-14(11-16(13(12)2)25(19,22)23)17(21)20-7-4-15(5-8-20)24-9-3-6-18;/h10-11,15H,3-9,18H2,1-2H3,(H2,19,22,23);1H. The maximum atomic E-state index is 12.7. The lowest BCUT2D eigenvalue weighted by atomic mass is 10.0. The van der Waals surface area contributed by atoms with Crippen molar-refractivity contribution in [1.82, 2.24) is 4.90 Å². The quantitative estimate of drug-likeness (QED) is 0.693. The van der Waals surface area contributed by atoms with Crippen molar-refractivity contribution < 1.29 is 17.9 Å². The lowest BCUT2D eigenvalue weighted by molar-refractivity contribution is 0.00844. The number of likely N-dealkylation sites (tertiary alicyclic amines) is 1. The molecule has 1 aromatic rings.